The number of hydrogen-bond donors (Lipinski definition) is 1. The molecule has 0 bridgehead atoms. The predicted octanol–water partition coefficient (Wildman–Crippen LogP) is 4.58. The number of urea groups is 1. The molecular weight excluding hydrogens is 341 g/mol. The number of benzene rings is 2. The molecule has 0 atom stereocenters. The van der Waals surface area contributed by atoms with E-state index in [0.717, 1.165) is 25.0 Å². The summed E-state index contributed by atoms with van der Waals surface area (Å²) in [5.74, 6) is 0. The first-order valence-electron chi connectivity index (χ1n) is 8.51. The zero-order chi connectivity index (χ0) is 18.8. The molecule has 2 aromatic rings. The van der Waals surface area contributed by atoms with E-state index in [0.29, 0.717) is 12.1 Å². The van der Waals surface area contributed by atoms with Gasteiger partial charge < -0.3 is 10.2 Å². The second-order valence-electron chi connectivity index (χ2n) is 6.86. The van der Waals surface area contributed by atoms with Gasteiger partial charge in [0.1, 0.15) is 0 Å². The maximum Gasteiger partial charge on any atom is 0.416 e. The van der Waals surface area contributed by atoms with Crippen LogP contribution in [0.2, 0.25) is 0 Å². The van der Waals surface area contributed by atoms with E-state index >= 15 is 0 Å². The van der Waals surface area contributed by atoms with Crippen LogP contribution in [0.25, 0.3) is 0 Å². The molecule has 3 nitrogen and oxygen atoms in total. The Morgan fingerprint density at radius 2 is 1.69 bits per heavy atom. The summed E-state index contributed by atoms with van der Waals surface area (Å²) in [6.07, 6.45) is -2.27. The van der Waals surface area contributed by atoms with Crippen LogP contribution < -0.4 is 5.32 Å². The number of halogens is 3. The summed E-state index contributed by atoms with van der Waals surface area (Å²) < 4.78 is 37.8. The van der Waals surface area contributed by atoms with Gasteiger partial charge >= 0.3 is 12.2 Å². The average Bonchev–Trinajstić information content (AvgIpc) is 3.41. The molecule has 6 heteroatoms. The molecule has 0 heterocycles. The summed E-state index contributed by atoms with van der Waals surface area (Å²) in [6.45, 7) is 0.815. The number of rotatable bonds is 5. The lowest BCUT2D eigenvalue weighted by molar-refractivity contribution is -0.137. The summed E-state index contributed by atoms with van der Waals surface area (Å²) in [5, 5.41) is 2.95. The second kappa shape index (κ2) is 7.02. The number of hydrogen-bond acceptors (Lipinski definition) is 1. The van der Waals surface area contributed by atoms with E-state index in [9.17, 15) is 18.0 Å². The fraction of sp³-hybridized carbons (Fsp3) is 0.350. The minimum absolute atomic E-state index is 0.0200. The quantitative estimate of drug-likeness (QED) is 0.830. The molecular formula is C20H21F3N2O. The molecule has 0 spiro atoms. The van der Waals surface area contributed by atoms with Crippen molar-refractivity contribution >= 4 is 6.03 Å². The molecule has 1 saturated carbocycles. The average molecular weight is 362 g/mol. The van der Waals surface area contributed by atoms with Crippen LogP contribution in [0.1, 0.15) is 29.5 Å². The van der Waals surface area contributed by atoms with Gasteiger partial charge in [0.15, 0.2) is 0 Å². The normalized spacial score (nSPS) is 15.4. The fourth-order valence-corrected chi connectivity index (χ4v) is 3.03. The minimum Gasteiger partial charge on any atom is -0.337 e. The molecule has 26 heavy (non-hydrogen) atoms. The van der Waals surface area contributed by atoms with Crippen molar-refractivity contribution in [2.24, 2.45) is 0 Å². The molecule has 1 aliphatic rings. The number of nitrogens with one attached hydrogen (secondary N) is 1. The molecule has 3 rings (SSSR count). The van der Waals surface area contributed by atoms with E-state index in [1.807, 2.05) is 18.2 Å². The van der Waals surface area contributed by atoms with Gasteiger partial charge in [-0.05, 0) is 36.1 Å². The molecule has 2 amide bonds. The van der Waals surface area contributed by atoms with Crippen LogP contribution in [0, 0.1) is 0 Å². The first-order valence-corrected chi connectivity index (χ1v) is 8.51. The van der Waals surface area contributed by atoms with Crippen LogP contribution in [-0.4, -0.2) is 24.5 Å². The summed E-state index contributed by atoms with van der Waals surface area (Å²) >= 11 is 0. The zero-order valence-corrected chi connectivity index (χ0v) is 14.5. The third kappa shape index (κ3) is 4.18. The van der Waals surface area contributed by atoms with Gasteiger partial charge in [-0.25, -0.2) is 4.79 Å². The fourth-order valence-electron chi connectivity index (χ4n) is 3.03. The van der Waals surface area contributed by atoms with Crippen molar-refractivity contribution in [3.63, 3.8) is 0 Å². The monoisotopic (exact) mass is 362 g/mol. The van der Waals surface area contributed by atoms with Crippen LogP contribution in [-0.2, 0) is 18.1 Å². The van der Waals surface area contributed by atoms with Crippen molar-refractivity contribution in [3.05, 3.63) is 71.3 Å². The lowest BCUT2D eigenvalue weighted by atomic mass is 9.96. The largest absolute Gasteiger partial charge is 0.416 e. The van der Waals surface area contributed by atoms with E-state index < -0.39 is 11.7 Å². The Morgan fingerprint density at radius 1 is 1.08 bits per heavy atom. The Balaban J connectivity index is 1.54. The number of carbonyl (C=O) groups is 1. The highest BCUT2D eigenvalue weighted by Gasteiger charge is 2.44. The standard InChI is InChI=1S/C20H21F3N2O/c1-25(13-15-7-9-17(10-8-15)20(21,22)23)18(26)24-14-19(11-12-19)16-5-3-2-4-6-16/h2-10H,11-14H2,1H3,(H,24,26). The smallest absolute Gasteiger partial charge is 0.337 e. The minimum atomic E-state index is -4.35. The Morgan fingerprint density at radius 3 is 2.23 bits per heavy atom. The van der Waals surface area contributed by atoms with Crippen LogP contribution in [0.4, 0.5) is 18.0 Å². The number of alkyl halides is 3. The zero-order valence-electron chi connectivity index (χ0n) is 14.5. The first kappa shape index (κ1) is 18.3. The molecule has 0 aromatic heterocycles. The van der Waals surface area contributed by atoms with E-state index in [1.165, 1.54) is 22.6 Å². The Hall–Kier alpha value is -2.50. The van der Waals surface area contributed by atoms with Gasteiger partial charge in [-0.3, -0.25) is 0 Å². The summed E-state index contributed by atoms with van der Waals surface area (Å²) in [7, 11) is 1.63. The summed E-state index contributed by atoms with van der Waals surface area (Å²) in [5.41, 5.74) is 1.21. The highest BCUT2D eigenvalue weighted by atomic mass is 19.4. The molecule has 0 radical (unpaired) electrons. The lowest BCUT2D eigenvalue weighted by Crippen LogP contribution is -2.40. The number of amides is 2. The van der Waals surface area contributed by atoms with E-state index in [1.54, 1.807) is 7.05 Å². The van der Waals surface area contributed by atoms with E-state index in [-0.39, 0.29) is 18.0 Å². The van der Waals surface area contributed by atoms with Crippen LogP contribution in [0.5, 0.6) is 0 Å². The topological polar surface area (TPSA) is 32.3 Å². The third-order valence-electron chi connectivity index (χ3n) is 4.87. The van der Waals surface area contributed by atoms with Crippen LogP contribution >= 0.6 is 0 Å². The van der Waals surface area contributed by atoms with Crippen molar-refractivity contribution < 1.29 is 18.0 Å². The van der Waals surface area contributed by atoms with Gasteiger partial charge in [-0.15, -0.1) is 0 Å². The molecule has 0 unspecified atom stereocenters. The molecule has 1 N–H and O–H groups in total. The van der Waals surface area contributed by atoms with Crippen molar-refractivity contribution in [2.75, 3.05) is 13.6 Å². The number of nitrogens with zero attached hydrogens (tertiary/aromatic N) is 1. The highest BCUT2D eigenvalue weighted by molar-refractivity contribution is 5.74. The highest BCUT2D eigenvalue weighted by Crippen LogP contribution is 2.47. The summed E-state index contributed by atoms with van der Waals surface area (Å²) in [6, 6.07) is 14.8. The van der Waals surface area contributed by atoms with Crippen LogP contribution in [0.3, 0.4) is 0 Å². The molecule has 0 aliphatic heterocycles. The van der Waals surface area contributed by atoms with Gasteiger partial charge in [-0.1, -0.05) is 42.5 Å². The van der Waals surface area contributed by atoms with Crippen molar-refractivity contribution in [1.29, 1.82) is 0 Å². The third-order valence-corrected chi connectivity index (χ3v) is 4.87. The molecule has 1 fully saturated rings. The lowest BCUT2D eigenvalue weighted by Gasteiger charge is -2.22. The molecule has 0 saturated heterocycles. The van der Waals surface area contributed by atoms with Gasteiger partial charge in [0.25, 0.3) is 0 Å². The SMILES string of the molecule is CN(Cc1ccc(C(F)(F)F)cc1)C(=O)NCC1(c2ccccc2)CC1. The Kier molecular flexibility index (Phi) is 4.94. The van der Waals surface area contributed by atoms with Gasteiger partial charge in [-0.2, -0.15) is 13.2 Å². The van der Waals surface area contributed by atoms with E-state index in [4.69, 9.17) is 0 Å². The molecule has 138 valence electrons. The maximum atomic E-state index is 12.6. The second-order valence-corrected chi connectivity index (χ2v) is 6.86. The molecule has 1 aliphatic carbocycles. The summed E-state index contributed by atoms with van der Waals surface area (Å²) in [4.78, 5) is 13.8. The van der Waals surface area contributed by atoms with Gasteiger partial charge in [0.2, 0.25) is 0 Å². The maximum absolute atomic E-state index is 12.6. The predicted molar refractivity (Wildman–Crippen MR) is 93.7 cm³/mol. The number of carbonyl (C=O) groups excluding carboxylic acids is 1. The molecule has 2 aromatic carbocycles. The van der Waals surface area contributed by atoms with Crippen molar-refractivity contribution in [1.82, 2.24) is 10.2 Å². The Bertz CT molecular complexity index is 753. The van der Waals surface area contributed by atoms with Crippen LogP contribution in [0.15, 0.2) is 54.6 Å². The van der Waals surface area contributed by atoms with Crippen molar-refractivity contribution in [3.8, 4) is 0 Å². The Labute approximate surface area is 150 Å². The van der Waals surface area contributed by atoms with Crippen molar-refractivity contribution in [2.45, 2.75) is 31.0 Å². The van der Waals surface area contributed by atoms with Gasteiger partial charge in [0.05, 0.1) is 5.56 Å². The first-order chi connectivity index (χ1) is 12.3. The van der Waals surface area contributed by atoms with Gasteiger partial charge in [0, 0.05) is 25.6 Å². The van der Waals surface area contributed by atoms with E-state index in [2.05, 4.69) is 17.4 Å².